The summed E-state index contributed by atoms with van der Waals surface area (Å²) in [6, 6.07) is 3.63. The molecular formula is C26H31FN6O. The molecule has 0 spiro atoms. The summed E-state index contributed by atoms with van der Waals surface area (Å²) >= 11 is 0. The summed E-state index contributed by atoms with van der Waals surface area (Å²) in [5, 5.41) is 0. The summed E-state index contributed by atoms with van der Waals surface area (Å²) < 4.78 is 21.1. The summed E-state index contributed by atoms with van der Waals surface area (Å²) in [5.74, 6) is 0.364. The molecule has 8 heteroatoms. The molecule has 1 fully saturated rings. The molecular weight excluding hydrogens is 431 g/mol. The van der Waals surface area contributed by atoms with Gasteiger partial charge in [-0.25, -0.2) is 9.38 Å². The number of nitrogens with zero attached hydrogens (tertiary/aromatic N) is 5. The topological polar surface area (TPSA) is 97.0 Å². The Morgan fingerprint density at radius 3 is 2.97 bits per heavy atom. The van der Waals surface area contributed by atoms with E-state index in [0.29, 0.717) is 24.4 Å². The van der Waals surface area contributed by atoms with E-state index < -0.39 is 5.82 Å². The summed E-state index contributed by atoms with van der Waals surface area (Å²) in [6.45, 7) is 6.46. The molecule has 2 N–H and O–H groups in total. The monoisotopic (exact) mass is 462 g/mol. The van der Waals surface area contributed by atoms with Crippen LogP contribution < -0.4 is 10.5 Å². The van der Waals surface area contributed by atoms with Crippen LogP contribution in [0.25, 0.3) is 0 Å². The lowest BCUT2D eigenvalue weighted by Gasteiger charge is -2.28. The third kappa shape index (κ3) is 7.16. The molecule has 0 amide bonds. The van der Waals surface area contributed by atoms with Crippen LogP contribution >= 0.6 is 0 Å². The number of aliphatic imine (C=N–C) groups is 5. The number of rotatable bonds is 11. The number of benzene rings is 1. The van der Waals surface area contributed by atoms with Gasteiger partial charge in [0, 0.05) is 54.0 Å². The van der Waals surface area contributed by atoms with Gasteiger partial charge in [0.1, 0.15) is 5.82 Å². The minimum absolute atomic E-state index is 0.0379. The first kappa shape index (κ1) is 25.0. The Bertz CT molecular complexity index is 1080. The van der Waals surface area contributed by atoms with Crippen LogP contribution in [0.15, 0.2) is 73.0 Å². The van der Waals surface area contributed by atoms with Crippen LogP contribution in [0.4, 0.5) is 4.39 Å². The van der Waals surface area contributed by atoms with Crippen LogP contribution in [0.1, 0.15) is 56.1 Å². The van der Waals surface area contributed by atoms with Gasteiger partial charge in [0.2, 0.25) is 0 Å². The van der Waals surface area contributed by atoms with E-state index in [-0.39, 0.29) is 18.3 Å². The number of hydrogen-bond donors (Lipinski definition) is 1. The highest BCUT2D eigenvalue weighted by atomic mass is 19.1. The van der Waals surface area contributed by atoms with E-state index in [2.05, 4.69) is 31.5 Å². The molecule has 1 aromatic rings. The molecule has 0 unspecified atom stereocenters. The Kier molecular flexibility index (Phi) is 9.64. The maximum absolute atomic E-state index is 15.3. The molecule has 0 bridgehead atoms. The normalized spacial score (nSPS) is 16.9. The van der Waals surface area contributed by atoms with Crippen molar-refractivity contribution >= 4 is 31.1 Å². The highest BCUT2D eigenvalue weighted by Gasteiger charge is 2.25. The Morgan fingerprint density at radius 1 is 1.35 bits per heavy atom. The predicted molar refractivity (Wildman–Crippen MR) is 139 cm³/mol. The minimum atomic E-state index is -0.442. The van der Waals surface area contributed by atoms with Crippen LogP contribution in [0.5, 0.6) is 5.75 Å². The molecule has 2 aliphatic rings. The second kappa shape index (κ2) is 13.1. The van der Waals surface area contributed by atoms with Gasteiger partial charge in [-0.15, -0.1) is 0 Å². The van der Waals surface area contributed by atoms with E-state index in [1.807, 2.05) is 6.07 Å². The van der Waals surface area contributed by atoms with Crippen molar-refractivity contribution in [2.24, 2.45) is 30.7 Å². The summed E-state index contributed by atoms with van der Waals surface area (Å²) in [5.41, 5.74) is 8.74. The van der Waals surface area contributed by atoms with Crippen LogP contribution in [0.3, 0.4) is 0 Å². The van der Waals surface area contributed by atoms with Gasteiger partial charge in [0.05, 0.1) is 12.7 Å². The Morgan fingerprint density at radius 2 is 2.21 bits per heavy atom. The smallest absolute Gasteiger partial charge is 0.178 e. The maximum atomic E-state index is 15.3. The van der Waals surface area contributed by atoms with E-state index in [1.54, 1.807) is 44.0 Å². The van der Waals surface area contributed by atoms with Crippen molar-refractivity contribution in [3.63, 3.8) is 0 Å². The van der Waals surface area contributed by atoms with Crippen molar-refractivity contribution in [1.29, 1.82) is 0 Å². The predicted octanol–water partition coefficient (Wildman–Crippen LogP) is 5.14. The number of allylic oxidation sites excluding steroid dienone is 2. The lowest BCUT2D eigenvalue weighted by molar-refractivity contribution is 0.299. The first-order chi connectivity index (χ1) is 16.6. The second-order valence-corrected chi connectivity index (χ2v) is 7.93. The number of ether oxygens (including phenoxy) is 1. The molecule has 0 atom stereocenters. The van der Waals surface area contributed by atoms with E-state index in [4.69, 9.17) is 10.5 Å². The lowest BCUT2D eigenvalue weighted by Crippen LogP contribution is -2.13. The Balaban J connectivity index is 1.61. The zero-order valence-electron chi connectivity index (χ0n) is 19.5. The molecule has 1 aromatic carbocycles. The van der Waals surface area contributed by atoms with Gasteiger partial charge < -0.3 is 10.5 Å². The van der Waals surface area contributed by atoms with Gasteiger partial charge >= 0.3 is 0 Å². The third-order valence-corrected chi connectivity index (χ3v) is 5.53. The summed E-state index contributed by atoms with van der Waals surface area (Å²) in [6.07, 6.45) is 16.1. The van der Waals surface area contributed by atoms with E-state index >= 15 is 4.39 Å². The molecule has 0 radical (unpaired) electrons. The minimum Gasteiger partial charge on any atom is -0.468 e. The number of hydrogen-bond acceptors (Lipinski definition) is 7. The molecule has 1 heterocycles. The molecule has 1 aliphatic heterocycles. The van der Waals surface area contributed by atoms with Gasteiger partial charge in [-0.1, -0.05) is 19.1 Å². The largest absolute Gasteiger partial charge is 0.468 e. The lowest BCUT2D eigenvalue weighted by atomic mass is 9.79. The molecule has 178 valence electrons. The molecule has 34 heavy (non-hydrogen) atoms. The van der Waals surface area contributed by atoms with Gasteiger partial charge in [0.15, 0.2) is 18.3 Å². The average molecular weight is 463 g/mol. The average Bonchev–Trinajstić information content (AvgIpc) is 3.08. The number of nitrogens with two attached hydrogens (primary N) is 1. The van der Waals surface area contributed by atoms with Crippen LogP contribution in [-0.2, 0) is 0 Å². The third-order valence-electron chi connectivity index (χ3n) is 5.53. The summed E-state index contributed by atoms with van der Waals surface area (Å²) in [4.78, 5) is 20.7. The molecule has 0 saturated heterocycles. The van der Waals surface area contributed by atoms with Crippen molar-refractivity contribution in [2.75, 3.05) is 13.3 Å². The quantitative estimate of drug-likeness (QED) is 0.461. The number of halogens is 1. The fraction of sp³-hybridized carbons (Fsp3) is 0.346. The van der Waals surface area contributed by atoms with Crippen molar-refractivity contribution in [1.82, 2.24) is 0 Å². The Hall–Kier alpha value is -3.68. The van der Waals surface area contributed by atoms with E-state index in [0.717, 1.165) is 42.4 Å². The standard InChI is InChI=1S/C26H31FN6O/c1-3-33-24(28)17-32-14-21-9-10-23(20-7-4-8-20)26(25(21)27)34-18-31-11-5-6-19(2)22-15-29-12-13-30-16-22/h3,9-12,14-17,20H,2,4-8,13,18,28H2,1H3/b24-17-,31-11?,32-14?,33-3?. The highest BCUT2D eigenvalue weighted by Crippen LogP contribution is 2.42. The van der Waals surface area contributed by atoms with Crippen LogP contribution in [-0.4, -0.2) is 44.3 Å². The Labute approximate surface area is 200 Å². The first-order valence-corrected chi connectivity index (χ1v) is 11.4. The van der Waals surface area contributed by atoms with Crippen molar-refractivity contribution in [2.45, 2.75) is 44.9 Å². The van der Waals surface area contributed by atoms with Gasteiger partial charge in [-0.2, -0.15) is 0 Å². The molecule has 7 nitrogen and oxygen atoms in total. The molecule has 1 aliphatic carbocycles. The fourth-order valence-electron chi connectivity index (χ4n) is 3.47. The molecule has 3 rings (SSSR count). The fourth-order valence-corrected chi connectivity index (χ4v) is 3.47. The zero-order chi connectivity index (χ0) is 24.2. The SMILES string of the molecule is C=C(CCC=NCOc1c(C2CCC2)ccc(C=N/C=C(/N)N=CC)c1F)C1=CN=CCN=C1. The van der Waals surface area contributed by atoms with Crippen LogP contribution in [0.2, 0.25) is 0 Å². The van der Waals surface area contributed by atoms with Gasteiger partial charge in [-0.3, -0.25) is 20.0 Å². The molecule has 0 aromatic heterocycles. The second-order valence-electron chi connectivity index (χ2n) is 7.93. The first-order valence-electron chi connectivity index (χ1n) is 11.4. The van der Waals surface area contributed by atoms with Crippen molar-refractivity contribution < 1.29 is 9.13 Å². The molecule has 1 saturated carbocycles. The van der Waals surface area contributed by atoms with Crippen molar-refractivity contribution in [3.8, 4) is 5.75 Å². The van der Waals surface area contributed by atoms with E-state index in [1.165, 1.54) is 12.4 Å². The van der Waals surface area contributed by atoms with Crippen molar-refractivity contribution in [3.05, 3.63) is 65.0 Å². The van der Waals surface area contributed by atoms with Gasteiger partial charge in [0.25, 0.3) is 0 Å². The van der Waals surface area contributed by atoms with E-state index in [9.17, 15) is 0 Å². The van der Waals surface area contributed by atoms with Gasteiger partial charge in [-0.05, 0) is 50.2 Å². The maximum Gasteiger partial charge on any atom is 0.178 e. The zero-order valence-corrected chi connectivity index (χ0v) is 19.5. The highest BCUT2D eigenvalue weighted by molar-refractivity contribution is 5.87. The van der Waals surface area contributed by atoms with Crippen LogP contribution in [0, 0.1) is 5.82 Å². The summed E-state index contributed by atoms with van der Waals surface area (Å²) in [7, 11) is 0.